The van der Waals surface area contributed by atoms with E-state index in [0.29, 0.717) is 28.6 Å². The van der Waals surface area contributed by atoms with Crippen LogP contribution in [-0.4, -0.2) is 30.2 Å². The van der Waals surface area contributed by atoms with E-state index >= 15 is 0 Å². The number of anilines is 1. The summed E-state index contributed by atoms with van der Waals surface area (Å²) in [5.74, 6) is 0.630. The lowest BCUT2D eigenvalue weighted by Crippen LogP contribution is -2.28. The van der Waals surface area contributed by atoms with E-state index in [-0.39, 0.29) is 12.4 Å². The smallest absolute Gasteiger partial charge is 0.319 e. The van der Waals surface area contributed by atoms with Gasteiger partial charge in [-0.15, -0.1) is 0 Å². The average molecular weight is 382 g/mol. The van der Waals surface area contributed by atoms with Crippen LogP contribution in [0.5, 0.6) is 11.5 Å². The zero-order valence-corrected chi connectivity index (χ0v) is 15.4. The molecule has 8 heteroatoms. The molecule has 0 unspecified atom stereocenters. The van der Waals surface area contributed by atoms with Crippen LogP contribution in [0.1, 0.15) is 5.69 Å². The van der Waals surface area contributed by atoms with E-state index < -0.39 is 6.03 Å². The van der Waals surface area contributed by atoms with Crippen molar-refractivity contribution in [2.24, 2.45) is 0 Å². The summed E-state index contributed by atoms with van der Waals surface area (Å²) in [5.41, 5.74) is 2.49. The van der Waals surface area contributed by atoms with Crippen LogP contribution in [0.25, 0.3) is 11.3 Å². The summed E-state index contributed by atoms with van der Waals surface area (Å²) in [6.45, 7) is 0.189. The number of methoxy groups -OCH3 is 2. The number of amides is 2. The maximum atomic E-state index is 13.1. The number of carbonyl (C=O) groups is 1. The Morgan fingerprint density at radius 2 is 1.86 bits per heavy atom. The van der Waals surface area contributed by atoms with Crippen LogP contribution in [0.2, 0.25) is 0 Å². The molecule has 1 heterocycles. The first-order chi connectivity index (χ1) is 13.6. The first-order valence-corrected chi connectivity index (χ1v) is 8.43. The fourth-order valence-corrected chi connectivity index (χ4v) is 2.60. The lowest BCUT2D eigenvalue weighted by Gasteiger charge is -2.13. The van der Waals surface area contributed by atoms with Gasteiger partial charge in [0.25, 0.3) is 0 Å². The Morgan fingerprint density at radius 1 is 1.07 bits per heavy atom. The van der Waals surface area contributed by atoms with Crippen molar-refractivity contribution in [2.45, 2.75) is 6.54 Å². The molecule has 0 aliphatic heterocycles. The first kappa shape index (κ1) is 19.1. The normalized spacial score (nSPS) is 10.2. The van der Waals surface area contributed by atoms with E-state index in [1.165, 1.54) is 32.7 Å². The molecule has 3 rings (SSSR count). The summed E-state index contributed by atoms with van der Waals surface area (Å²) < 4.78 is 23.6. The Labute approximate surface area is 161 Å². The zero-order chi connectivity index (χ0) is 19.9. The molecule has 2 aromatic carbocycles. The predicted molar refractivity (Wildman–Crippen MR) is 103 cm³/mol. The number of nitrogens with zero attached hydrogens (tertiary/aromatic N) is 2. The lowest BCUT2D eigenvalue weighted by atomic mass is 10.1. The van der Waals surface area contributed by atoms with E-state index in [0.717, 1.165) is 5.56 Å². The van der Waals surface area contributed by atoms with Gasteiger partial charge < -0.3 is 20.1 Å². The van der Waals surface area contributed by atoms with Crippen molar-refractivity contribution in [3.8, 4) is 22.8 Å². The highest BCUT2D eigenvalue weighted by Crippen LogP contribution is 2.34. The zero-order valence-electron chi connectivity index (χ0n) is 15.4. The molecule has 0 radical (unpaired) electrons. The molecular formula is C20H19FN4O3. The summed E-state index contributed by atoms with van der Waals surface area (Å²) in [4.78, 5) is 20.6. The van der Waals surface area contributed by atoms with Crippen molar-refractivity contribution in [1.82, 2.24) is 15.3 Å². The number of hydrogen-bond acceptors (Lipinski definition) is 5. The Balaban J connectivity index is 1.65. The van der Waals surface area contributed by atoms with Crippen LogP contribution in [-0.2, 0) is 6.54 Å². The Hall–Kier alpha value is -3.68. The Morgan fingerprint density at radius 3 is 2.57 bits per heavy atom. The number of ether oxygens (including phenoxy) is 2. The average Bonchev–Trinajstić information content (AvgIpc) is 2.72. The quantitative estimate of drug-likeness (QED) is 0.680. The molecule has 2 amide bonds. The van der Waals surface area contributed by atoms with Gasteiger partial charge in [-0.1, -0.05) is 6.07 Å². The van der Waals surface area contributed by atoms with Crippen molar-refractivity contribution < 1.29 is 18.7 Å². The van der Waals surface area contributed by atoms with Crippen molar-refractivity contribution in [3.63, 3.8) is 0 Å². The third-order valence-corrected chi connectivity index (χ3v) is 3.94. The maximum absolute atomic E-state index is 13.1. The molecule has 0 aliphatic rings. The highest BCUT2D eigenvalue weighted by Gasteiger charge is 2.12. The molecule has 0 atom stereocenters. The predicted octanol–water partition coefficient (Wildman–Crippen LogP) is 3.62. The van der Waals surface area contributed by atoms with Gasteiger partial charge in [0.15, 0.2) is 11.5 Å². The number of hydrogen-bond donors (Lipinski definition) is 2. The number of rotatable bonds is 6. The SMILES string of the molecule is COc1cccc(NC(=O)NCc2cc(-c3ccc(F)cc3)ncn2)c1OC. The van der Waals surface area contributed by atoms with Gasteiger partial charge in [-0.05, 0) is 42.5 Å². The van der Waals surface area contributed by atoms with E-state index in [1.807, 2.05) is 0 Å². The van der Waals surface area contributed by atoms with Gasteiger partial charge in [0, 0.05) is 5.56 Å². The highest BCUT2D eigenvalue weighted by molar-refractivity contribution is 5.91. The molecule has 3 aromatic rings. The monoisotopic (exact) mass is 382 g/mol. The summed E-state index contributed by atoms with van der Waals surface area (Å²) in [7, 11) is 3.02. The summed E-state index contributed by atoms with van der Waals surface area (Å²) in [6, 6.07) is 12.5. The molecule has 0 saturated heterocycles. The van der Waals surface area contributed by atoms with Crippen LogP contribution < -0.4 is 20.1 Å². The third-order valence-electron chi connectivity index (χ3n) is 3.94. The minimum Gasteiger partial charge on any atom is -0.493 e. The van der Waals surface area contributed by atoms with Crippen molar-refractivity contribution in [1.29, 1.82) is 0 Å². The highest BCUT2D eigenvalue weighted by atomic mass is 19.1. The van der Waals surface area contributed by atoms with Gasteiger partial charge in [0.05, 0.1) is 37.8 Å². The van der Waals surface area contributed by atoms with Gasteiger partial charge in [0.1, 0.15) is 12.1 Å². The fraction of sp³-hybridized carbons (Fsp3) is 0.150. The topological polar surface area (TPSA) is 85.4 Å². The minimum atomic E-state index is -0.423. The van der Waals surface area contributed by atoms with Gasteiger partial charge in [-0.3, -0.25) is 0 Å². The number of nitrogens with one attached hydrogen (secondary N) is 2. The van der Waals surface area contributed by atoms with Crippen LogP contribution in [0, 0.1) is 5.82 Å². The van der Waals surface area contributed by atoms with Crippen molar-refractivity contribution >= 4 is 11.7 Å². The number of para-hydroxylation sites is 1. The van der Waals surface area contributed by atoms with Crippen LogP contribution >= 0.6 is 0 Å². The number of benzene rings is 2. The second-order valence-electron chi connectivity index (χ2n) is 5.75. The largest absolute Gasteiger partial charge is 0.493 e. The first-order valence-electron chi connectivity index (χ1n) is 8.43. The van der Waals surface area contributed by atoms with E-state index in [2.05, 4.69) is 20.6 Å². The van der Waals surface area contributed by atoms with Gasteiger partial charge in [0.2, 0.25) is 0 Å². The number of urea groups is 1. The van der Waals surface area contributed by atoms with Crippen molar-refractivity contribution in [2.75, 3.05) is 19.5 Å². The van der Waals surface area contributed by atoms with Crippen LogP contribution in [0.3, 0.4) is 0 Å². The summed E-state index contributed by atoms with van der Waals surface area (Å²) in [6.07, 6.45) is 1.40. The molecule has 0 bridgehead atoms. The molecule has 0 aliphatic carbocycles. The molecule has 144 valence electrons. The maximum Gasteiger partial charge on any atom is 0.319 e. The number of aromatic nitrogens is 2. The Kier molecular flexibility index (Phi) is 6.01. The molecule has 28 heavy (non-hydrogen) atoms. The summed E-state index contributed by atoms with van der Waals surface area (Å²) in [5, 5.41) is 5.45. The number of halogens is 1. The standard InChI is InChI=1S/C20H19FN4O3/c1-27-18-5-3-4-16(19(18)28-2)25-20(26)22-11-15-10-17(24-12-23-15)13-6-8-14(21)9-7-13/h3-10,12H,11H2,1-2H3,(H2,22,25,26). The number of carbonyl (C=O) groups excluding carboxylic acids is 1. The van der Waals surface area contributed by atoms with Gasteiger partial charge in [-0.25, -0.2) is 19.2 Å². The van der Waals surface area contributed by atoms with Crippen LogP contribution in [0.15, 0.2) is 54.9 Å². The lowest BCUT2D eigenvalue weighted by molar-refractivity contribution is 0.251. The molecule has 0 fully saturated rings. The van der Waals surface area contributed by atoms with Crippen molar-refractivity contribution in [3.05, 3.63) is 66.4 Å². The molecule has 0 spiro atoms. The minimum absolute atomic E-state index is 0.189. The molecule has 7 nitrogen and oxygen atoms in total. The molecule has 1 aromatic heterocycles. The van der Waals surface area contributed by atoms with E-state index in [1.54, 1.807) is 36.4 Å². The molecule has 2 N–H and O–H groups in total. The summed E-state index contributed by atoms with van der Waals surface area (Å²) >= 11 is 0. The third kappa shape index (κ3) is 4.53. The second kappa shape index (κ2) is 8.81. The molecular weight excluding hydrogens is 363 g/mol. The van der Waals surface area contributed by atoms with Gasteiger partial charge in [-0.2, -0.15) is 0 Å². The van der Waals surface area contributed by atoms with Gasteiger partial charge >= 0.3 is 6.03 Å². The van der Waals surface area contributed by atoms with E-state index in [9.17, 15) is 9.18 Å². The fourth-order valence-electron chi connectivity index (χ4n) is 2.60. The molecule has 0 saturated carbocycles. The Bertz CT molecular complexity index is 964. The second-order valence-corrected chi connectivity index (χ2v) is 5.75. The van der Waals surface area contributed by atoms with Crippen LogP contribution in [0.4, 0.5) is 14.9 Å². The van der Waals surface area contributed by atoms with E-state index in [4.69, 9.17) is 9.47 Å².